The van der Waals surface area contributed by atoms with Crippen molar-refractivity contribution < 1.29 is 14.4 Å². The first kappa shape index (κ1) is 15.2. The highest BCUT2D eigenvalue weighted by Crippen LogP contribution is 2.13. The van der Waals surface area contributed by atoms with Crippen LogP contribution in [-0.4, -0.2) is 23.6 Å². The second-order valence-electron chi connectivity index (χ2n) is 4.53. The van der Waals surface area contributed by atoms with Crippen molar-refractivity contribution in [2.24, 2.45) is 10.9 Å². The Balaban J connectivity index is 2.16. The van der Waals surface area contributed by atoms with E-state index in [1.807, 2.05) is 12.1 Å². The molecule has 110 valence electrons. The molecule has 1 aromatic rings. The summed E-state index contributed by atoms with van der Waals surface area (Å²) >= 11 is 5.80. The molecule has 1 aliphatic heterocycles. The fraction of sp³-hybridized carbons (Fsp3) is 0.286. The van der Waals surface area contributed by atoms with Gasteiger partial charge in [0, 0.05) is 10.7 Å². The van der Waals surface area contributed by atoms with Crippen molar-refractivity contribution in [2.75, 3.05) is 0 Å². The SMILES string of the molecule is CCC(=NCc1ccc(Cl)cc1)C1C(=O)NC(=O)NC1=O. The zero-order valence-corrected chi connectivity index (χ0v) is 12.1. The van der Waals surface area contributed by atoms with Crippen LogP contribution in [0.5, 0.6) is 0 Å². The van der Waals surface area contributed by atoms with Crippen molar-refractivity contribution in [3.8, 4) is 0 Å². The molecule has 1 aliphatic rings. The number of barbiturate groups is 1. The highest BCUT2D eigenvalue weighted by molar-refractivity contribution is 6.30. The number of halogens is 1. The van der Waals surface area contributed by atoms with E-state index in [9.17, 15) is 14.4 Å². The van der Waals surface area contributed by atoms with Crippen LogP contribution in [0.25, 0.3) is 0 Å². The van der Waals surface area contributed by atoms with Gasteiger partial charge < -0.3 is 0 Å². The number of carbonyl (C=O) groups is 3. The molecule has 0 radical (unpaired) electrons. The van der Waals surface area contributed by atoms with Crippen LogP contribution < -0.4 is 10.6 Å². The van der Waals surface area contributed by atoms with Gasteiger partial charge in [0.2, 0.25) is 11.8 Å². The number of carbonyl (C=O) groups excluding carboxylic acids is 3. The molecule has 0 bridgehead atoms. The Morgan fingerprint density at radius 1 is 1.14 bits per heavy atom. The monoisotopic (exact) mass is 307 g/mol. The highest BCUT2D eigenvalue weighted by atomic mass is 35.5. The number of nitrogens with zero attached hydrogens (tertiary/aromatic N) is 1. The van der Waals surface area contributed by atoms with Gasteiger partial charge in [0.05, 0.1) is 6.54 Å². The van der Waals surface area contributed by atoms with E-state index in [0.29, 0.717) is 23.7 Å². The van der Waals surface area contributed by atoms with E-state index in [2.05, 4.69) is 15.6 Å². The predicted octanol–water partition coefficient (Wildman–Crippen LogP) is 1.67. The van der Waals surface area contributed by atoms with Crippen molar-refractivity contribution in [3.63, 3.8) is 0 Å². The van der Waals surface area contributed by atoms with E-state index in [-0.39, 0.29) is 0 Å². The van der Waals surface area contributed by atoms with Gasteiger partial charge in [-0.25, -0.2) is 4.79 Å². The van der Waals surface area contributed by atoms with Crippen molar-refractivity contribution in [1.82, 2.24) is 10.6 Å². The van der Waals surface area contributed by atoms with Gasteiger partial charge >= 0.3 is 6.03 Å². The molecule has 7 heteroatoms. The summed E-state index contributed by atoms with van der Waals surface area (Å²) in [5.74, 6) is -2.33. The molecule has 0 atom stereocenters. The third kappa shape index (κ3) is 3.66. The lowest BCUT2D eigenvalue weighted by Crippen LogP contribution is -2.57. The lowest BCUT2D eigenvalue weighted by molar-refractivity contribution is -0.132. The van der Waals surface area contributed by atoms with Crippen molar-refractivity contribution in [3.05, 3.63) is 34.9 Å². The summed E-state index contributed by atoms with van der Waals surface area (Å²) in [7, 11) is 0. The van der Waals surface area contributed by atoms with Gasteiger partial charge in [-0.1, -0.05) is 30.7 Å². The van der Waals surface area contributed by atoms with Gasteiger partial charge in [0.1, 0.15) is 0 Å². The van der Waals surface area contributed by atoms with E-state index in [1.54, 1.807) is 19.1 Å². The van der Waals surface area contributed by atoms with Crippen molar-refractivity contribution in [2.45, 2.75) is 19.9 Å². The molecule has 0 unspecified atom stereocenters. The van der Waals surface area contributed by atoms with Crippen molar-refractivity contribution >= 4 is 35.2 Å². The number of hydrogen-bond donors (Lipinski definition) is 2. The van der Waals surface area contributed by atoms with Crippen LogP contribution in [0.1, 0.15) is 18.9 Å². The zero-order valence-electron chi connectivity index (χ0n) is 11.4. The van der Waals surface area contributed by atoms with Crippen LogP contribution >= 0.6 is 11.6 Å². The quantitative estimate of drug-likeness (QED) is 0.655. The van der Waals surface area contributed by atoms with Crippen LogP contribution in [0, 0.1) is 5.92 Å². The third-order valence-electron chi connectivity index (χ3n) is 3.07. The molecule has 6 nitrogen and oxygen atoms in total. The number of nitrogens with one attached hydrogen (secondary N) is 2. The minimum Gasteiger partial charge on any atom is -0.288 e. The summed E-state index contributed by atoms with van der Waals surface area (Å²) in [6, 6.07) is 6.34. The molecule has 2 rings (SSSR count). The Morgan fingerprint density at radius 2 is 1.71 bits per heavy atom. The second-order valence-corrected chi connectivity index (χ2v) is 4.96. The fourth-order valence-electron chi connectivity index (χ4n) is 2.01. The summed E-state index contributed by atoms with van der Waals surface area (Å²) in [5, 5.41) is 4.77. The molecule has 2 N–H and O–H groups in total. The van der Waals surface area contributed by atoms with E-state index in [4.69, 9.17) is 11.6 Å². The van der Waals surface area contributed by atoms with E-state index >= 15 is 0 Å². The van der Waals surface area contributed by atoms with Gasteiger partial charge in [-0.05, 0) is 24.1 Å². The smallest absolute Gasteiger partial charge is 0.288 e. The van der Waals surface area contributed by atoms with Crippen LogP contribution in [0.15, 0.2) is 29.3 Å². The topological polar surface area (TPSA) is 87.6 Å². The minimum atomic E-state index is -1.06. The third-order valence-corrected chi connectivity index (χ3v) is 3.32. The van der Waals surface area contributed by atoms with E-state index in [1.165, 1.54) is 0 Å². The number of hydrogen-bond acceptors (Lipinski definition) is 4. The lowest BCUT2D eigenvalue weighted by Gasteiger charge is -2.21. The van der Waals surface area contributed by atoms with Gasteiger partial charge in [0.25, 0.3) is 0 Å². The molecule has 0 spiro atoms. The van der Waals surface area contributed by atoms with Gasteiger partial charge in [0.15, 0.2) is 5.92 Å². The number of imide groups is 2. The maximum Gasteiger partial charge on any atom is 0.328 e. The van der Waals surface area contributed by atoms with Crippen LogP contribution in [0.2, 0.25) is 5.02 Å². The lowest BCUT2D eigenvalue weighted by atomic mass is 9.97. The summed E-state index contributed by atoms with van der Waals surface area (Å²) < 4.78 is 0. The normalized spacial score (nSPS) is 16.7. The standard InChI is InChI=1S/C14H14ClN3O3/c1-2-10(11-12(19)17-14(21)18-13(11)20)16-7-8-3-5-9(15)6-4-8/h3-6,11H,2,7H2,1H3,(H2,17,18,19,20,21). The number of amides is 4. The average Bonchev–Trinajstić information content (AvgIpc) is 2.43. The molecular weight excluding hydrogens is 294 g/mol. The van der Waals surface area contributed by atoms with Crippen LogP contribution in [0.4, 0.5) is 4.79 Å². The van der Waals surface area contributed by atoms with Crippen LogP contribution in [0.3, 0.4) is 0 Å². The Hall–Kier alpha value is -2.21. The molecular formula is C14H14ClN3O3. The molecule has 4 amide bonds. The molecule has 0 aromatic heterocycles. The fourth-order valence-corrected chi connectivity index (χ4v) is 2.14. The Kier molecular flexibility index (Phi) is 4.70. The molecule has 1 fully saturated rings. The van der Waals surface area contributed by atoms with E-state index in [0.717, 1.165) is 5.56 Å². The zero-order chi connectivity index (χ0) is 15.4. The maximum absolute atomic E-state index is 11.8. The largest absolute Gasteiger partial charge is 0.328 e. The number of rotatable bonds is 4. The first-order valence-electron chi connectivity index (χ1n) is 6.44. The van der Waals surface area contributed by atoms with Gasteiger partial charge in [-0.15, -0.1) is 0 Å². The molecule has 0 aliphatic carbocycles. The summed E-state index contributed by atoms with van der Waals surface area (Å²) in [6.07, 6.45) is 0.438. The molecule has 0 saturated carbocycles. The first-order valence-corrected chi connectivity index (χ1v) is 6.82. The van der Waals surface area contributed by atoms with Gasteiger partial charge in [-0.2, -0.15) is 0 Å². The van der Waals surface area contributed by atoms with E-state index < -0.39 is 23.8 Å². The maximum atomic E-state index is 11.8. The Morgan fingerprint density at radius 3 is 2.24 bits per heavy atom. The minimum absolute atomic E-state index is 0.339. The predicted molar refractivity (Wildman–Crippen MR) is 78.1 cm³/mol. The molecule has 21 heavy (non-hydrogen) atoms. The summed E-state index contributed by atoms with van der Waals surface area (Å²) in [5.41, 5.74) is 1.35. The second kappa shape index (κ2) is 6.49. The van der Waals surface area contributed by atoms with Crippen molar-refractivity contribution in [1.29, 1.82) is 0 Å². The van der Waals surface area contributed by atoms with Crippen LogP contribution in [-0.2, 0) is 16.1 Å². The molecule has 1 heterocycles. The molecule has 1 saturated heterocycles. The Bertz CT molecular complexity index is 590. The number of urea groups is 1. The Labute approximate surface area is 126 Å². The highest BCUT2D eigenvalue weighted by Gasteiger charge is 2.37. The first-order chi connectivity index (χ1) is 10.0. The number of benzene rings is 1. The van der Waals surface area contributed by atoms with Gasteiger partial charge in [-0.3, -0.25) is 25.2 Å². The number of aliphatic imine (C=N–C) groups is 1. The molecule has 1 aromatic carbocycles. The summed E-state index contributed by atoms with van der Waals surface area (Å²) in [6.45, 7) is 2.14. The average molecular weight is 308 g/mol. The summed E-state index contributed by atoms with van der Waals surface area (Å²) in [4.78, 5) is 38.9.